The normalized spacial score (nSPS) is 20.9. The van der Waals surface area contributed by atoms with Crippen molar-refractivity contribution in [2.24, 2.45) is 5.92 Å². The summed E-state index contributed by atoms with van der Waals surface area (Å²) < 4.78 is 0. The topological polar surface area (TPSA) is 20.3 Å². The average molecular weight is 266 g/mol. The van der Waals surface area contributed by atoms with Gasteiger partial charge in [0.25, 0.3) is 0 Å². The van der Waals surface area contributed by atoms with Crippen LogP contribution in [0.2, 0.25) is 5.02 Å². The molecular formula is C15H20ClNO. The minimum Gasteiger partial charge on any atom is -0.303 e. The van der Waals surface area contributed by atoms with Crippen LogP contribution >= 0.6 is 11.6 Å². The predicted octanol–water partition coefficient (Wildman–Crippen LogP) is 3.64. The number of hydrogen-bond acceptors (Lipinski definition) is 2. The molecule has 1 unspecified atom stereocenters. The number of halogens is 1. The van der Waals surface area contributed by atoms with E-state index in [1.54, 1.807) is 12.1 Å². The minimum absolute atomic E-state index is 0.213. The maximum Gasteiger partial charge on any atom is 0.164 e. The van der Waals surface area contributed by atoms with Gasteiger partial charge in [-0.1, -0.05) is 18.5 Å². The molecule has 1 aliphatic heterocycles. The van der Waals surface area contributed by atoms with Crippen LogP contribution in [0.4, 0.5) is 0 Å². The summed E-state index contributed by atoms with van der Waals surface area (Å²) in [6.07, 6.45) is 3.19. The van der Waals surface area contributed by atoms with Crippen LogP contribution in [-0.4, -0.2) is 30.3 Å². The summed E-state index contributed by atoms with van der Waals surface area (Å²) in [6.45, 7) is 5.44. The Hall–Kier alpha value is -0.860. The van der Waals surface area contributed by atoms with Gasteiger partial charge in [-0.2, -0.15) is 0 Å². The van der Waals surface area contributed by atoms with Gasteiger partial charge in [-0.15, -0.1) is 0 Å². The highest BCUT2D eigenvalue weighted by Crippen LogP contribution is 2.16. The number of carbonyl (C=O) groups excluding carboxylic acids is 1. The third-order valence-corrected chi connectivity index (χ3v) is 3.81. The van der Waals surface area contributed by atoms with E-state index in [-0.39, 0.29) is 5.78 Å². The van der Waals surface area contributed by atoms with Gasteiger partial charge in [0.05, 0.1) is 0 Å². The van der Waals surface area contributed by atoms with Crippen LogP contribution in [0.15, 0.2) is 24.3 Å². The summed E-state index contributed by atoms with van der Waals surface area (Å²) in [6, 6.07) is 7.17. The van der Waals surface area contributed by atoms with Crippen molar-refractivity contribution >= 4 is 17.4 Å². The van der Waals surface area contributed by atoms with E-state index in [0.29, 0.717) is 11.4 Å². The number of rotatable bonds is 4. The number of piperidine rings is 1. The summed E-state index contributed by atoms with van der Waals surface area (Å²) in [4.78, 5) is 14.4. The number of ketones is 1. The van der Waals surface area contributed by atoms with Crippen LogP contribution in [-0.2, 0) is 0 Å². The molecule has 1 heterocycles. The molecule has 0 saturated carbocycles. The van der Waals surface area contributed by atoms with Gasteiger partial charge in [-0.3, -0.25) is 4.79 Å². The Morgan fingerprint density at radius 3 is 2.78 bits per heavy atom. The second-order valence-electron chi connectivity index (χ2n) is 5.23. The fraction of sp³-hybridized carbons (Fsp3) is 0.533. The maximum absolute atomic E-state index is 12.0. The van der Waals surface area contributed by atoms with Crippen molar-refractivity contribution in [3.05, 3.63) is 34.9 Å². The van der Waals surface area contributed by atoms with E-state index in [1.165, 1.54) is 12.8 Å². The van der Waals surface area contributed by atoms with Gasteiger partial charge >= 0.3 is 0 Å². The zero-order valence-corrected chi connectivity index (χ0v) is 11.6. The largest absolute Gasteiger partial charge is 0.303 e. The van der Waals surface area contributed by atoms with Gasteiger partial charge in [-0.05, 0) is 49.6 Å². The number of carbonyl (C=O) groups is 1. The Kier molecular flexibility index (Phi) is 4.79. The molecule has 1 atom stereocenters. The minimum atomic E-state index is 0.213. The maximum atomic E-state index is 12.0. The molecule has 1 fully saturated rings. The Morgan fingerprint density at radius 1 is 1.39 bits per heavy atom. The van der Waals surface area contributed by atoms with E-state index in [2.05, 4.69) is 11.8 Å². The van der Waals surface area contributed by atoms with Gasteiger partial charge in [0.1, 0.15) is 0 Å². The van der Waals surface area contributed by atoms with Crippen molar-refractivity contribution in [1.29, 1.82) is 0 Å². The van der Waals surface area contributed by atoms with Crippen LogP contribution in [0.1, 0.15) is 36.5 Å². The van der Waals surface area contributed by atoms with E-state index in [1.807, 2.05) is 12.1 Å². The van der Waals surface area contributed by atoms with Crippen molar-refractivity contribution in [3.63, 3.8) is 0 Å². The molecule has 0 radical (unpaired) electrons. The molecule has 0 aliphatic carbocycles. The molecule has 2 nitrogen and oxygen atoms in total. The molecule has 1 saturated heterocycles. The molecule has 2 rings (SSSR count). The van der Waals surface area contributed by atoms with Crippen molar-refractivity contribution in [1.82, 2.24) is 4.90 Å². The first-order valence-corrected chi connectivity index (χ1v) is 7.04. The molecule has 0 aromatic heterocycles. The lowest BCUT2D eigenvalue weighted by Crippen LogP contribution is -2.35. The molecule has 0 bridgehead atoms. The third-order valence-electron chi connectivity index (χ3n) is 3.56. The second-order valence-corrected chi connectivity index (χ2v) is 5.66. The quantitative estimate of drug-likeness (QED) is 0.775. The van der Waals surface area contributed by atoms with Gasteiger partial charge in [0, 0.05) is 30.1 Å². The molecule has 1 aromatic rings. The Bertz CT molecular complexity index is 401. The van der Waals surface area contributed by atoms with Crippen LogP contribution in [0.3, 0.4) is 0 Å². The lowest BCUT2D eigenvalue weighted by Gasteiger charge is -2.30. The highest BCUT2D eigenvalue weighted by atomic mass is 35.5. The molecule has 1 aliphatic rings. The smallest absolute Gasteiger partial charge is 0.164 e. The molecule has 18 heavy (non-hydrogen) atoms. The number of benzene rings is 1. The van der Waals surface area contributed by atoms with Crippen molar-refractivity contribution < 1.29 is 4.79 Å². The SMILES string of the molecule is CC1CCCN(CCC(=O)c2ccc(Cl)cc2)C1. The van der Waals surface area contributed by atoms with E-state index >= 15 is 0 Å². The molecule has 0 N–H and O–H groups in total. The van der Waals surface area contributed by atoms with Crippen LogP contribution in [0.5, 0.6) is 0 Å². The Labute approximate surface area is 114 Å². The van der Waals surface area contributed by atoms with Gasteiger partial charge in [0.2, 0.25) is 0 Å². The number of nitrogens with zero attached hydrogens (tertiary/aromatic N) is 1. The lowest BCUT2D eigenvalue weighted by molar-refractivity contribution is 0.0949. The van der Waals surface area contributed by atoms with E-state index in [4.69, 9.17) is 11.6 Å². The summed E-state index contributed by atoms with van der Waals surface area (Å²) in [7, 11) is 0. The van der Waals surface area contributed by atoms with Crippen molar-refractivity contribution in [3.8, 4) is 0 Å². The van der Waals surface area contributed by atoms with Crippen LogP contribution < -0.4 is 0 Å². The highest BCUT2D eigenvalue weighted by Gasteiger charge is 2.17. The summed E-state index contributed by atoms with van der Waals surface area (Å²) in [5.74, 6) is 0.981. The second kappa shape index (κ2) is 6.35. The number of Topliss-reactive ketones (excluding diaryl/α,β-unsaturated/α-hetero) is 1. The van der Waals surface area contributed by atoms with Gasteiger partial charge < -0.3 is 4.90 Å². The molecular weight excluding hydrogens is 246 g/mol. The van der Waals surface area contributed by atoms with E-state index < -0.39 is 0 Å². The first kappa shape index (κ1) is 13.6. The van der Waals surface area contributed by atoms with E-state index in [9.17, 15) is 4.79 Å². The summed E-state index contributed by atoms with van der Waals surface area (Å²) >= 11 is 5.81. The van der Waals surface area contributed by atoms with Crippen molar-refractivity contribution in [2.75, 3.05) is 19.6 Å². The Morgan fingerprint density at radius 2 is 2.11 bits per heavy atom. The average Bonchev–Trinajstić information content (AvgIpc) is 2.37. The third kappa shape index (κ3) is 3.82. The number of hydrogen-bond donors (Lipinski definition) is 0. The highest BCUT2D eigenvalue weighted by molar-refractivity contribution is 6.30. The van der Waals surface area contributed by atoms with Gasteiger partial charge in [0.15, 0.2) is 5.78 Å². The number of likely N-dealkylation sites (tertiary alicyclic amines) is 1. The zero-order valence-electron chi connectivity index (χ0n) is 10.9. The molecule has 0 amide bonds. The summed E-state index contributed by atoms with van der Waals surface area (Å²) in [5, 5.41) is 0.677. The fourth-order valence-corrected chi connectivity index (χ4v) is 2.66. The predicted molar refractivity (Wildman–Crippen MR) is 75.2 cm³/mol. The van der Waals surface area contributed by atoms with Crippen LogP contribution in [0.25, 0.3) is 0 Å². The molecule has 3 heteroatoms. The first-order chi connectivity index (χ1) is 8.65. The van der Waals surface area contributed by atoms with Crippen LogP contribution in [0, 0.1) is 5.92 Å². The van der Waals surface area contributed by atoms with E-state index in [0.717, 1.165) is 31.1 Å². The van der Waals surface area contributed by atoms with Crippen molar-refractivity contribution in [2.45, 2.75) is 26.2 Å². The summed E-state index contributed by atoms with van der Waals surface area (Å²) in [5.41, 5.74) is 0.768. The molecule has 0 spiro atoms. The first-order valence-electron chi connectivity index (χ1n) is 6.66. The molecule has 1 aromatic carbocycles. The fourth-order valence-electron chi connectivity index (χ4n) is 2.53. The zero-order chi connectivity index (χ0) is 13.0. The monoisotopic (exact) mass is 265 g/mol. The lowest BCUT2D eigenvalue weighted by atomic mass is 9.99. The van der Waals surface area contributed by atoms with Gasteiger partial charge in [-0.25, -0.2) is 0 Å². The Balaban J connectivity index is 1.82. The molecule has 98 valence electrons. The standard InChI is InChI=1S/C15H20ClNO/c1-12-3-2-9-17(11-12)10-8-15(18)13-4-6-14(16)7-5-13/h4-7,12H,2-3,8-11H2,1H3.